The van der Waals surface area contributed by atoms with E-state index < -0.39 is 15.6 Å². The number of hydrogen-bond donors (Lipinski definition) is 2. The van der Waals surface area contributed by atoms with Crippen LogP contribution in [-0.2, 0) is 21.2 Å². The van der Waals surface area contributed by atoms with E-state index in [0.29, 0.717) is 31.7 Å². The number of urea groups is 1. The van der Waals surface area contributed by atoms with Gasteiger partial charge in [0.15, 0.2) is 0 Å². The molecule has 1 aliphatic carbocycles. The molecule has 1 aromatic rings. The number of benzene rings is 1. The van der Waals surface area contributed by atoms with Gasteiger partial charge in [0.2, 0.25) is 10.0 Å². The van der Waals surface area contributed by atoms with E-state index in [0.717, 1.165) is 29.8 Å². The van der Waals surface area contributed by atoms with Crippen molar-refractivity contribution in [1.29, 1.82) is 0 Å². The Hall–Kier alpha value is -2.72. The highest BCUT2D eigenvalue weighted by molar-refractivity contribution is 7.92. The molecule has 2 fully saturated rings. The van der Waals surface area contributed by atoms with Crippen LogP contribution in [-0.4, -0.2) is 74.7 Å². The molecular weight excluding hydrogens is 478 g/mol. The number of carbonyl (C=O) groups excluding carboxylic acids is 2. The van der Waals surface area contributed by atoms with Crippen molar-refractivity contribution in [3.8, 4) is 0 Å². The minimum atomic E-state index is -3.60. The van der Waals surface area contributed by atoms with Gasteiger partial charge in [0, 0.05) is 45.1 Å². The first kappa shape index (κ1) is 26.3. The molecule has 0 atom stereocenters. The maximum Gasteiger partial charge on any atom is 0.316 e. The van der Waals surface area contributed by atoms with E-state index in [2.05, 4.69) is 10.6 Å². The summed E-state index contributed by atoms with van der Waals surface area (Å²) in [5, 5.41) is 7.08. The summed E-state index contributed by atoms with van der Waals surface area (Å²) in [4.78, 5) is 30.7. The molecule has 3 aliphatic rings. The van der Waals surface area contributed by atoms with Gasteiger partial charge in [-0.15, -0.1) is 0 Å². The Bertz CT molecular complexity index is 1110. The quantitative estimate of drug-likeness (QED) is 0.582. The van der Waals surface area contributed by atoms with Crippen LogP contribution in [0, 0.1) is 5.92 Å². The standard InChI is InChI=1S/C26H37N5O4S/c1-30(2)25(33)27-16-12-20-8-10-21(11-9-20)13-19-36(34,35)31-17-14-26(15-18-31)24(32)28-23(29-26)22-6-4-3-5-7-22/h8-11,13,19,22H,3-7,12,14-18H2,1-2H3,(H,27,33)(H,28,29,32). The zero-order valence-corrected chi connectivity index (χ0v) is 22.0. The molecule has 1 saturated heterocycles. The summed E-state index contributed by atoms with van der Waals surface area (Å²) < 4.78 is 27.3. The number of amides is 3. The third-order valence-electron chi connectivity index (χ3n) is 7.41. The Morgan fingerprint density at radius 2 is 1.83 bits per heavy atom. The van der Waals surface area contributed by atoms with Crippen LogP contribution in [0.4, 0.5) is 4.79 Å². The van der Waals surface area contributed by atoms with Crippen LogP contribution in [0.5, 0.6) is 0 Å². The van der Waals surface area contributed by atoms with Crippen LogP contribution in [0.2, 0.25) is 0 Å². The lowest BCUT2D eigenvalue weighted by Crippen LogP contribution is -2.50. The number of piperidine rings is 1. The van der Waals surface area contributed by atoms with Gasteiger partial charge < -0.3 is 15.5 Å². The summed E-state index contributed by atoms with van der Waals surface area (Å²) in [5.74, 6) is 1.08. The van der Waals surface area contributed by atoms with Gasteiger partial charge in [-0.05, 0) is 49.3 Å². The summed E-state index contributed by atoms with van der Waals surface area (Å²) in [6, 6.07) is 7.46. The summed E-state index contributed by atoms with van der Waals surface area (Å²) in [5.41, 5.74) is 1.02. The molecular formula is C26H37N5O4S. The van der Waals surface area contributed by atoms with Crippen LogP contribution >= 0.6 is 0 Å². The zero-order valence-electron chi connectivity index (χ0n) is 21.2. The van der Waals surface area contributed by atoms with Crippen molar-refractivity contribution in [1.82, 2.24) is 19.8 Å². The molecule has 1 spiro atoms. The molecule has 4 rings (SSSR count). The van der Waals surface area contributed by atoms with Crippen LogP contribution in [0.25, 0.3) is 6.08 Å². The molecule has 196 valence electrons. The molecule has 36 heavy (non-hydrogen) atoms. The molecule has 9 nitrogen and oxygen atoms in total. The second-order valence-electron chi connectivity index (χ2n) is 10.2. The number of amidine groups is 1. The van der Waals surface area contributed by atoms with Gasteiger partial charge >= 0.3 is 6.03 Å². The largest absolute Gasteiger partial charge is 0.338 e. The van der Waals surface area contributed by atoms with Gasteiger partial charge in [-0.1, -0.05) is 43.5 Å². The number of nitrogens with one attached hydrogen (secondary N) is 2. The van der Waals surface area contributed by atoms with Crippen LogP contribution in [0.1, 0.15) is 56.1 Å². The van der Waals surface area contributed by atoms with Crippen LogP contribution in [0.3, 0.4) is 0 Å². The molecule has 1 aromatic carbocycles. The molecule has 2 heterocycles. The van der Waals surface area contributed by atoms with Crippen molar-refractivity contribution in [3.05, 3.63) is 40.8 Å². The summed E-state index contributed by atoms with van der Waals surface area (Å²) in [6.45, 7) is 1.08. The minimum absolute atomic E-state index is 0.0722. The molecule has 1 saturated carbocycles. The predicted molar refractivity (Wildman–Crippen MR) is 141 cm³/mol. The Labute approximate surface area is 214 Å². The first-order valence-corrected chi connectivity index (χ1v) is 14.3. The highest BCUT2D eigenvalue weighted by Gasteiger charge is 2.48. The van der Waals surface area contributed by atoms with Crippen molar-refractivity contribution in [2.24, 2.45) is 10.9 Å². The fourth-order valence-corrected chi connectivity index (χ4v) is 6.27. The highest BCUT2D eigenvalue weighted by Crippen LogP contribution is 2.34. The predicted octanol–water partition coefficient (Wildman–Crippen LogP) is 2.74. The van der Waals surface area contributed by atoms with Gasteiger partial charge in [-0.3, -0.25) is 9.79 Å². The molecule has 0 aromatic heterocycles. The molecule has 2 N–H and O–H groups in total. The van der Waals surface area contributed by atoms with Gasteiger partial charge in [0.05, 0.1) is 0 Å². The van der Waals surface area contributed by atoms with E-state index in [-0.39, 0.29) is 25.0 Å². The number of rotatable bonds is 7. The van der Waals surface area contributed by atoms with Gasteiger partial charge in [-0.25, -0.2) is 13.2 Å². The lowest BCUT2D eigenvalue weighted by atomic mass is 9.88. The van der Waals surface area contributed by atoms with Crippen molar-refractivity contribution < 1.29 is 18.0 Å². The fourth-order valence-electron chi connectivity index (χ4n) is 5.08. The number of sulfonamides is 1. The third kappa shape index (κ3) is 6.15. The second-order valence-corrected chi connectivity index (χ2v) is 12.0. The number of hydrogen-bond acceptors (Lipinski definition) is 5. The monoisotopic (exact) mass is 515 g/mol. The first-order chi connectivity index (χ1) is 17.2. The number of carbonyl (C=O) groups is 2. The van der Waals surface area contributed by atoms with Crippen LogP contribution < -0.4 is 10.6 Å². The zero-order chi connectivity index (χ0) is 25.8. The molecule has 0 radical (unpaired) electrons. The van der Waals surface area contributed by atoms with Gasteiger partial charge in [0.25, 0.3) is 5.91 Å². The van der Waals surface area contributed by atoms with E-state index in [1.165, 1.54) is 33.9 Å². The van der Waals surface area contributed by atoms with Crippen LogP contribution in [0.15, 0.2) is 34.7 Å². The SMILES string of the molecule is CN(C)C(=O)NCCc1ccc(C=CS(=O)(=O)N2CCC3(CC2)N=C(C2CCCCC2)NC3=O)cc1. The van der Waals surface area contributed by atoms with E-state index in [4.69, 9.17) is 4.99 Å². The summed E-state index contributed by atoms with van der Waals surface area (Å²) in [7, 11) is -0.212. The van der Waals surface area contributed by atoms with E-state index in [1.54, 1.807) is 20.2 Å². The minimum Gasteiger partial charge on any atom is -0.338 e. The van der Waals surface area contributed by atoms with Crippen molar-refractivity contribution in [2.75, 3.05) is 33.7 Å². The molecule has 2 aliphatic heterocycles. The average molecular weight is 516 g/mol. The summed E-state index contributed by atoms with van der Waals surface area (Å²) >= 11 is 0. The highest BCUT2D eigenvalue weighted by atomic mass is 32.2. The van der Waals surface area contributed by atoms with E-state index >= 15 is 0 Å². The number of aliphatic imine (C=N–C) groups is 1. The maximum absolute atomic E-state index is 12.9. The molecule has 3 amide bonds. The first-order valence-electron chi connectivity index (χ1n) is 12.8. The Balaban J connectivity index is 1.31. The normalized spacial score (nSPS) is 20.9. The maximum atomic E-state index is 12.9. The Morgan fingerprint density at radius 1 is 1.17 bits per heavy atom. The fraction of sp³-hybridized carbons (Fsp3) is 0.577. The van der Waals surface area contributed by atoms with Crippen molar-refractivity contribution in [3.63, 3.8) is 0 Å². The number of nitrogens with zero attached hydrogens (tertiary/aromatic N) is 3. The van der Waals surface area contributed by atoms with Crippen molar-refractivity contribution >= 4 is 33.9 Å². The summed E-state index contributed by atoms with van der Waals surface area (Å²) in [6.07, 6.45) is 8.80. The Morgan fingerprint density at radius 3 is 2.47 bits per heavy atom. The smallest absolute Gasteiger partial charge is 0.316 e. The second kappa shape index (κ2) is 11.1. The lowest BCUT2D eigenvalue weighted by molar-refractivity contribution is -0.125. The van der Waals surface area contributed by atoms with E-state index in [9.17, 15) is 18.0 Å². The van der Waals surface area contributed by atoms with Crippen molar-refractivity contribution in [2.45, 2.75) is 56.9 Å². The molecule has 0 bridgehead atoms. The van der Waals surface area contributed by atoms with Gasteiger partial charge in [0.1, 0.15) is 11.4 Å². The van der Waals surface area contributed by atoms with E-state index in [1.807, 2.05) is 24.3 Å². The third-order valence-corrected chi connectivity index (χ3v) is 8.97. The topological polar surface area (TPSA) is 111 Å². The molecule has 0 unspecified atom stereocenters. The molecule has 10 heteroatoms. The Kier molecular flexibility index (Phi) is 8.14. The lowest BCUT2D eigenvalue weighted by Gasteiger charge is -2.34. The van der Waals surface area contributed by atoms with Gasteiger partial charge in [-0.2, -0.15) is 4.31 Å². The average Bonchev–Trinajstić information content (AvgIpc) is 3.19.